The van der Waals surface area contributed by atoms with Gasteiger partial charge in [0.25, 0.3) is 11.8 Å². The Hall–Kier alpha value is -3.39. The quantitative estimate of drug-likeness (QED) is 0.709. The maximum Gasteiger partial charge on any atom is 0.267 e. The standard InChI is InChI=1S/C26H31N3O5/c1-17-15-28(16-18(2)33-17)26(32)21-10-8-20(9-11-21)14-27-24(30)12-13-29-22-6-4-5-7-23(22)34-19(3)25(29)31/h4-11,17-19H,12-16H2,1-3H3,(H,27,30). The van der Waals surface area contributed by atoms with E-state index >= 15 is 0 Å². The van der Waals surface area contributed by atoms with E-state index < -0.39 is 6.10 Å². The predicted octanol–water partition coefficient (Wildman–Crippen LogP) is 2.76. The average molecular weight is 466 g/mol. The van der Waals surface area contributed by atoms with Crippen molar-refractivity contribution in [1.29, 1.82) is 0 Å². The zero-order valence-corrected chi connectivity index (χ0v) is 19.8. The molecule has 0 radical (unpaired) electrons. The predicted molar refractivity (Wildman–Crippen MR) is 128 cm³/mol. The van der Waals surface area contributed by atoms with Crippen molar-refractivity contribution >= 4 is 23.4 Å². The molecule has 3 unspecified atom stereocenters. The number of nitrogens with one attached hydrogen (secondary N) is 1. The van der Waals surface area contributed by atoms with Gasteiger partial charge in [-0.1, -0.05) is 24.3 Å². The summed E-state index contributed by atoms with van der Waals surface area (Å²) in [5.41, 5.74) is 2.20. The van der Waals surface area contributed by atoms with Gasteiger partial charge in [-0.15, -0.1) is 0 Å². The molecule has 1 fully saturated rings. The molecule has 3 atom stereocenters. The summed E-state index contributed by atoms with van der Waals surface area (Å²) in [6, 6.07) is 14.6. The monoisotopic (exact) mass is 465 g/mol. The first-order valence-corrected chi connectivity index (χ1v) is 11.7. The highest BCUT2D eigenvalue weighted by atomic mass is 16.5. The van der Waals surface area contributed by atoms with Crippen molar-refractivity contribution in [2.75, 3.05) is 24.5 Å². The third kappa shape index (κ3) is 5.39. The number of amides is 3. The third-order valence-electron chi connectivity index (χ3n) is 6.03. The van der Waals surface area contributed by atoms with E-state index in [-0.39, 0.29) is 42.9 Å². The summed E-state index contributed by atoms with van der Waals surface area (Å²) in [5.74, 6) is 0.324. The lowest BCUT2D eigenvalue weighted by atomic mass is 10.1. The summed E-state index contributed by atoms with van der Waals surface area (Å²) in [4.78, 5) is 41.2. The highest BCUT2D eigenvalue weighted by molar-refractivity contribution is 6.00. The molecule has 2 aliphatic heterocycles. The number of benzene rings is 2. The van der Waals surface area contributed by atoms with Crippen molar-refractivity contribution in [1.82, 2.24) is 10.2 Å². The van der Waals surface area contributed by atoms with Gasteiger partial charge in [-0.05, 0) is 50.6 Å². The van der Waals surface area contributed by atoms with E-state index in [0.717, 1.165) is 5.56 Å². The average Bonchev–Trinajstić information content (AvgIpc) is 2.82. The van der Waals surface area contributed by atoms with Gasteiger partial charge in [-0.25, -0.2) is 0 Å². The number of rotatable bonds is 6. The van der Waals surface area contributed by atoms with E-state index in [0.29, 0.717) is 36.6 Å². The molecule has 2 aromatic rings. The number of fused-ring (bicyclic) bond motifs is 1. The van der Waals surface area contributed by atoms with Gasteiger partial charge in [-0.2, -0.15) is 0 Å². The molecule has 2 aliphatic rings. The molecule has 2 aromatic carbocycles. The smallest absolute Gasteiger partial charge is 0.267 e. The second-order valence-electron chi connectivity index (χ2n) is 8.91. The Bertz CT molecular complexity index is 1040. The summed E-state index contributed by atoms with van der Waals surface area (Å²) in [6.45, 7) is 7.43. The Morgan fingerprint density at radius 2 is 1.68 bits per heavy atom. The number of ether oxygens (including phenoxy) is 2. The summed E-state index contributed by atoms with van der Waals surface area (Å²) in [7, 11) is 0. The molecule has 1 N–H and O–H groups in total. The molecule has 8 heteroatoms. The summed E-state index contributed by atoms with van der Waals surface area (Å²) < 4.78 is 11.3. The highest BCUT2D eigenvalue weighted by Crippen LogP contribution is 2.33. The first-order valence-electron chi connectivity index (χ1n) is 11.7. The molecule has 4 rings (SSSR count). The second-order valence-corrected chi connectivity index (χ2v) is 8.91. The second kappa shape index (κ2) is 10.3. The number of para-hydroxylation sites is 2. The molecule has 180 valence electrons. The Labute approximate surface area is 199 Å². The van der Waals surface area contributed by atoms with Crippen molar-refractivity contribution in [3.05, 3.63) is 59.7 Å². The van der Waals surface area contributed by atoms with Gasteiger partial charge in [0.1, 0.15) is 5.75 Å². The van der Waals surface area contributed by atoms with E-state index in [1.54, 1.807) is 24.0 Å². The van der Waals surface area contributed by atoms with Crippen LogP contribution in [0.2, 0.25) is 0 Å². The van der Waals surface area contributed by atoms with Crippen LogP contribution in [0.1, 0.15) is 43.1 Å². The van der Waals surface area contributed by atoms with E-state index in [2.05, 4.69) is 5.32 Å². The number of nitrogens with zero attached hydrogens (tertiary/aromatic N) is 2. The number of hydrogen-bond acceptors (Lipinski definition) is 5. The zero-order valence-electron chi connectivity index (χ0n) is 19.8. The third-order valence-corrected chi connectivity index (χ3v) is 6.03. The van der Waals surface area contributed by atoms with Gasteiger partial charge in [0.05, 0.1) is 17.9 Å². The summed E-state index contributed by atoms with van der Waals surface area (Å²) in [6.07, 6.45) is -0.363. The number of anilines is 1. The van der Waals surface area contributed by atoms with Gasteiger partial charge in [0, 0.05) is 38.2 Å². The molecule has 1 saturated heterocycles. The molecule has 2 heterocycles. The Balaban J connectivity index is 1.28. The highest BCUT2D eigenvalue weighted by Gasteiger charge is 2.31. The van der Waals surface area contributed by atoms with E-state index in [1.165, 1.54) is 0 Å². The molecule has 0 bridgehead atoms. The van der Waals surface area contributed by atoms with Crippen molar-refractivity contribution in [2.45, 2.75) is 52.0 Å². The van der Waals surface area contributed by atoms with Crippen LogP contribution in [0.15, 0.2) is 48.5 Å². The number of carbonyl (C=O) groups excluding carboxylic acids is 3. The van der Waals surface area contributed by atoms with Crippen molar-refractivity contribution in [3.63, 3.8) is 0 Å². The van der Waals surface area contributed by atoms with Crippen LogP contribution in [-0.2, 0) is 20.9 Å². The van der Waals surface area contributed by atoms with Gasteiger partial charge in [-0.3, -0.25) is 14.4 Å². The zero-order chi connectivity index (χ0) is 24.2. The fourth-order valence-corrected chi connectivity index (χ4v) is 4.38. The minimum atomic E-state index is -0.580. The van der Waals surface area contributed by atoms with Gasteiger partial charge in [0.15, 0.2) is 6.10 Å². The van der Waals surface area contributed by atoms with Gasteiger partial charge < -0.3 is 24.6 Å². The maximum atomic E-state index is 12.8. The van der Waals surface area contributed by atoms with Crippen LogP contribution in [-0.4, -0.2) is 60.6 Å². The number of morpholine rings is 1. The lowest BCUT2D eigenvalue weighted by Gasteiger charge is -2.35. The molecular formula is C26H31N3O5. The van der Waals surface area contributed by atoms with Crippen LogP contribution < -0.4 is 15.0 Å². The summed E-state index contributed by atoms with van der Waals surface area (Å²) in [5, 5.41) is 2.89. The SMILES string of the molecule is CC1CN(C(=O)c2ccc(CNC(=O)CCN3C(=O)C(C)Oc4ccccc43)cc2)CC(C)O1. The first-order chi connectivity index (χ1) is 16.3. The van der Waals surface area contributed by atoms with Crippen molar-refractivity contribution in [3.8, 4) is 5.75 Å². The van der Waals surface area contributed by atoms with Gasteiger partial charge in [0.2, 0.25) is 5.91 Å². The fraction of sp³-hybridized carbons (Fsp3) is 0.423. The Kier molecular flexibility index (Phi) is 7.17. The van der Waals surface area contributed by atoms with Crippen molar-refractivity contribution in [2.24, 2.45) is 0 Å². The molecular weight excluding hydrogens is 434 g/mol. The van der Waals surface area contributed by atoms with E-state index in [9.17, 15) is 14.4 Å². The molecule has 3 amide bonds. The van der Waals surface area contributed by atoms with Crippen LogP contribution in [0.3, 0.4) is 0 Å². The topological polar surface area (TPSA) is 88.2 Å². The van der Waals surface area contributed by atoms with Crippen LogP contribution in [0.5, 0.6) is 5.75 Å². The lowest BCUT2D eigenvalue weighted by Crippen LogP contribution is -2.48. The number of carbonyl (C=O) groups is 3. The maximum absolute atomic E-state index is 12.8. The Morgan fingerprint density at radius 3 is 2.38 bits per heavy atom. The summed E-state index contributed by atoms with van der Waals surface area (Å²) >= 11 is 0. The van der Waals surface area contributed by atoms with Crippen LogP contribution in [0.4, 0.5) is 5.69 Å². The van der Waals surface area contributed by atoms with Crippen LogP contribution in [0.25, 0.3) is 0 Å². The van der Waals surface area contributed by atoms with E-state index in [1.807, 2.05) is 55.1 Å². The minimum absolute atomic E-state index is 0.0118. The molecule has 0 aliphatic carbocycles. The molecule has 0 spiro atoms. The lowest BCUT2D eigenvalue weighted by molar-refractivity contribution is -0.125. The minimum Gasteiger partial charge on any atom is -0.479 e. The first kappa shape index (κ1) is 23.8. The van der Waals surface area contributed by atoms with Crippen molar-refractivity contribution < 1.29 is 23.9 Å². The molecule has 0 saturated carbocycles. The normalized spacial score (nSPS) is 22.1. The van der Waals surface area contributed by atoms with Gasteiger partial charge >= 0.3 is 0 Å². The molecule has 8 nitrogen and oxygen atoms in total. The molecule has 0 aromatic heterocycles. The van der Waals surface area contributed by atoms with Crippen LogP contribution >= 0.6 is 0 Å². The number of hydrogen-bond donors (Lipinski definition) is 1. The van der Waals surface area contributed by atoms with E-state index in [4.69, 9.17) is 9.47 Å². The van der Waals surface area contributed by atoms with Crippen LogP contribution in [0, 0.1) is 0 Å². The largest absolute Gasteiger partial charge is 0.479 e. The fourth-order valence-electron chi connectivity index (χ4n) is 4.38. The molecule has 34 heavy (non-hydrogen) atoms. The Morgan fingerprint density at radius 1 is 1.00 bits per heavy atom.